The third-order valence-corrected chi connectivity index (χ3v) is 5.70. The second-order valence-corrected chi connectivity index (χ2v) is 8.35. The molecule has 32 heavy (non-hydrogen) atoms. The summed E-state index contributed by atoms with van der Waals surface area (Å²) in [6, 6.07) is -0.0113. The number of carbonyl (C=O) groups excluding carboxylic acids is 2. The van der Waals surface area contributed by atoms with E-state index >= 15 is 0 Å². The molecule has 1 aliphatic rings. The van der Waals surface area contributed by atoms with E-state index in [-0.39, 0.29) is 31.7 Å². The summed E-state index contributed by atoms with van der Waals surface area (Å²) in [6.07, 6.45) is -12.1. The van der Waals surface area contributed by atoms with E-state index in [9.17, 15) is 41.0 Å². The Labute approximate surface area is 188 Å². The van der Waals surface area contributed by atoms with Crippen LogP contribution in [-0.4, -0.2) is 64.9 Å². The van der Waals surface area contributed by atoms with Crippen LogP contribution in [0.1, 0.15) is 25.8 Å². The fraction of sp³-hybridized carbons (Fsp3) is 0.556. The van der Waals surface area contributed by atoms with Gasteiger partial charge in [0.05, 0.1) is 16.7 Å². The van der Waals surface area contributed by atoms with Crippen molar-refractivity contribution < 1.29 is 45.8 Å². The Hall–Kier alpha value is -1.92. The number of ether oxygens (including phenoxy) is 1. The van der Waals surface area contributed by atoms with E-state index in [1.54, 1.807) is 13.8 Å². The molecule has 3 amide bonds. The number of alkyl halides is 6. The van der Waals surface area contributed by atoms with E-state index in [0.29, 0.717) is 0 Å². The molecule has 0 aliphatic carbocycles. The predicted molar refractivity (Wildman–Crippen MR) is 102 cm³/mol. The van der Waals surface area contributed by atoms with Crippen LogP contribution in [-0.2, 0) is 10.4 Å². The first-order valence-electron chi connectivity index (χ1n) is 8.95. The lowest BCUT2D eigenvalue weighted by molar-refractivity contribution is -0.376. The summed E-state index contributed by atoms with van der Waals surface area (Å²) < 4.78 is 83.5. The van der Waals surface area contributed by atoms with E-state index in [0.717, 1.165) is 4.90 Å². The van der Waals surface area contributed by atoms with Crippen molar-refractivity contribution in [2.24, 2.45) is 0 Å². The van der Waals surface area contributed by atoms with Crippen LogP contribution in [0.25, 0.3) is 0 Å². The van der Waals surface area contributed by atoms with Gasteiger partial charge in [0.25, 0.3) is 11.5 Å². The van der Waals surface area contributed by atoms with Crippen molar-refractivity contribution in [2.45, 2.75) is 43.8 Å². The SMILES string of the molecule is CN1C(=O)N(CCCOc2c(Cl)cc(C(O)(C(F)(F)F)C(F)(F)F)cc2Cl)C(=O)C1(C)C. The van der Waals surface area contributed by atoms with Gasteiger partial charge in [0.15, 0.2) is 5.75 Å². The van der Waals surface area contributed by atoms with Crippen molar-refractivity contribution >= 4 is 35.1 Å². The van der Waals surface area contributed by atoms with E-state index in [4.69, 9.17) is 27.9 Å². The van der Waals surface area contributed by atoms with Crippen LogP contribution in [0.3, 0.4) is 0 Å². The van der Waals surface area contributed by atoms with Crippen molar-refractivity contribution in [3.8, 4) is 5.75 Å². The number of benzene rings is 1. The number of rotatable bonds is 6. The zero-order chi connectivity index (χ0) is 24.9. The third-order valence-electron chi connectivity index (χ3n) is 5.13. The van der Waals surface area contributed by atoms with Crippen molar-refractivity contribution in [3.05, 3.63) is 27.7 Å². The maximum atomic E-state index is 13.0. The van der Waals surface area contributed by atoms with Gasteiger partial charge in [0.1, 0.15) is 5.54 Å². The number of halogens is 8. The van der Waals surface area contributed by atoms with Crippen LogP contribution in [0.4, 0.5) is 31.1 Å². The quantitative estimate of drug-likeness (QED) is 0.340. The molecule has 0 unspecified atom stereocenters. The average Bonchev–Trinajstić information content (AvgIpc) is 2.78. The van der Waals surface area contributed by atoms with Crippen molar-refractivity contribution in [1.29, 1.82) is 0 Å². The summed E-state index contributed by atoms with van der Waals surface area (Å²) in [5.74, 6) is -0.857. The molecule has 0 atom stereocenters. The number of likely N-dealkylation sites (N-methyl/N-ethyl adjacent to an activating group) is 1. The van der Waals surface area contributed by atoms with Crippen LogP contribution in [0.5, 0.6) is 5.75 Å². The molecule has 0 radical (unpaired) electrons. The normalized spacial score (nSPS) is 17.4. The Morgan fingerprint density at radius 1 is 1.03 bits per heavy atom. The molecule has 180 valence electrons. The first kappa shape index (κ1) is 26.3. The lowest BCUT2D eigenvalue weighted by Crippen LogP contribution is -2.53. The van der Waals surface area contributed by atoms with E-state index in [2.05, 4.69) is 0 Å². The molecule has 1 heterocycles. The Morgan fingerprint density at radius 2 is 1.50 bits per heavy atom. The average molecular weight is 511 g/mol. The van der Waals surface area contributed by atoms with Crippen molar-refractivity contribution in [2.75, 3.05) is 20.2 Å². The predicted octanol–water partition coefficient (Wildman–Crippen LogP) is 4.75. The molecule has 1 aromatic carbocycles. The summed E-state index contributed by atoms with van der Waals surface area (Å²) in [7, 11) is 1.46. The summed E-state index contributed by atoms with van der Waals surface area (Å²) >= 11 is 11.5. The van der Waals surface area contributed by atoms with Gasteiger partial charge in [0, 0.05) is 19.2 Å². The van der Waals surface area contributed by atoms with Gasteiger partial charge in [-0.2, -0.15) is 26.3 Å². The summed E-state index contributed by atoms with van der Waals surface area (Å²) in [5.41, 5.74) is -7.85. The molecular formula is C18H18Cl2F6N2O4. The number of hydrogen-bond acceptors (Lipinski definition) is 4. The number of hydrogen-bond donors (Lipinski definition) is 1. The van der Waals surface area contributed by atoms with Crippen LogP contribution >= 0.6 is 23.2 Å². The van der Waals surface area contributed by atoms with Crippen LogP contribution in [0.15, 0.2) is 12.1 Å². The number of urea groups is 1. The Bertz CT molecular complexity index is 883. The van der Waals surface area contributed by atoms with Crippen LogP contribution in [0.2, 0.25) is 10.0 Å². The monoisotopic (exact) mass is 510 g/mol. The fourth-order valence-corrected chi connectivity index (χ4v) is 3.57. The number of aliphatic hydroxyl groups is 1. The minimum atomic E-state index is -6.10. The lowest BCUT2D eigenvalue weighted by atomic mass is 9.92. The Kier molecular flexibility index (Phi) is 6.96. The second kappa shape index (κ2) is 8.45. The highest BCUT2D eigenvalue weighted by Crippen LogP contribution is 2.52. The molecule has 0 bridgehead atoms. The molecular weight excluding hydrogens is 493 g/mol. The van der Waals surface area contributed by atoms with E-state index in [1.807, 2.05) is 0 Å². The van der Waals surface area contributed by atoms with Crippen LogP contribution in [0, 0.1) is 0 Å². The highest BCUT2D eigenvalue weighted by molar-refractivity contribution is 6.37. The van der Waals surface area contributed by atoms with Gasteiger partial charge in [-0.3, -0.25) is 9.69 Å². The van der Waals surface area contributed by atoms with Gasteiger partial charge < -0.3 is 14.7 Å². The molecule has 1 N–H and O–H groups in total. The van der Waals surface area contributed by atoms with Crippen molar-refractivity contribution in [3.63, 3.8) is 0 Å². The van der Waals surface area contributed by atoms with Gasteiger partial charge in [-0.25, -0.2) is 4.79 Å². The zero-order valence-corrected chi connectivity index (χ0v) is 18.4. The molecule has 1 aliphatic heterocycles. The largest absolute Gasteiger partial charge is 0.490 e. The van der Waals surface area contributed by atoms with Gasteiger partial charge in [-0.05, 0) is 32.4 Å². The second-order valence-electron chi connectivity index (χ2n) is 7.53. The molecule has 14 heteroatoms. The fourth-order valence-electron chi connectivity index (χ4n) is 2.97. The number of amides is 3. The topological polar surface area (TPSA) is 70.1 Å². The molecule has 1 aromatic rings. The van der Waals surface area contributed by atoms with Gasteiger partial charge >= 0.3 is 18.4 Å². The molecule has 1 saturated heterocycles. The molecule has 6 nitrogen and oxygen atoms in total. The van der Waals surface area contributed by atoms with Crippen molar-refractivity contribution in [1.82, 2.24) is 9.80 Å². The van der Waals surface area contributed by atoms with Gasteiger partial charge in [0.2, 0.25) is 0 Å². The summed E-state index contributed by atoms with van der Waals surface area (Å²) in [6.45, 7) is 2.85. The van der Waals surface area contributed by atoms with Gasteiger partial charge in [-0.1, -0.05) is 23.2 Å². The maximum Gasteiger partial charge on any atom is 0.430 e. The summed E-state index contributed by atoms with van der Waals surface area (Å²) in [4.78, 5) is 26.7. The molecule has 2 rings (SSSR count). The highest BCUT2D eigenvalue weighted by atomic mass is 35.5. The molecule has 0 aromatic heterocycles. The smallest absolute Gasteiger partial charge is 0.430 e. The molecule has 0 spiro atoms. The van der Waals surface area contributed by atoms with E-state index in [1.165, 1.54) is 11.9 Å². The minimum Gasteiger partial charge on any atom is -0.490 e. The lowest BCUT2D eigenvalue weighted by Gasteiger charge is -2.33. The van der Waals surface area contributed by atoms with E-state index < -0.39 is 56.8 Å². The first-order chi connectivity index (χ1) is 14.4. The standard InChI is InChI=1S/C18H18Cl2F6N2O4/c1-15(2)13(29)28(14(30)27(15)3)5-4-6-32-12-10(19)7-9(8-11(12)20)16(31,17(21,22)23)18(24,25)26/h7-8,31H,4-6H2,1-3H3. The zero-order valence-electron chi connectivity index (χ0n) is 16.9. The van der Waals surface area contributed by atoms with Crippen LogP contribution < -0.4 is 4.74 Å². The maximum absolute atomic E-state index is 13.0. The first-order valence-corrected chi connectivity index (χ1v) is 9.71. The van der Waals surface area contributed by atoms with Gasteiger partial charge in [-0.15, -0.1) is 0 Å². The number of carbonyl (C=O) groups is 2. The Balaban J connectivity index is 2.16. The number of imide groups is 1. The Morgan fingerprint density at radius 3 is 1.88 bits per heavy atom. The summed E-state index contributed by atoms with van der Waals surface area (Å²) in [5, 5.41) is 8.06. The minimum absolute atomic E-state index is 0.0549. The number of nitrogens with zero attached hydrogens (tertiary/aromatic N) is 2. The molecule has 0 saturated carbocycles. The highest BCUT2D eigenvalue weighted by Gasteiger charge is 2.71. The molecule has 1 fully saturated rings. The third kappa shape index (κ3) is 4.32.